The summed E-state index contributed by atoms with van der Waals surface area (Å²) in [6.45, 7) is 6.50. The molecule has 0 unspecified atom stereocenters. The lowest BCUT2D eigenvalue weighted by atomic mass is 10.1. The van der Waals surface area contributed by atoms with E-state index in [2.05, 4.69) is 11.1 Å². The van der Waals surface area contributed by atoms with Gasteiger partial charge in [-0.15, -0.1) is 0 Å². The SMILES string of the molecule is Cc1ccc(C)c(Oc2cc(CN)cc(C)n2)c1. The summed E-state index contributed by atoms with van der Waals surface area (Å²) < 4.78 is 5.85. The van der Waals surface area contributed by atoms with E-state index in [4.69, 9.17) is 10.5 Å². The third-order valence-corrected chi connectivity index (χ3v) is 2.78. The summed E-state index contributed by atoms with van der Waals surface area (Å²) in [4.78, 5) is 4.37. The normalized spacial score (nSPS) is 10.4. The van der Waals surface area contributed by atoms with E-state index in [0.717, 1.165) is 22.6 Å². The second kappa shape index (κ2) is 5.19. The second-order valence-electron chi connectivity index (χ2n) is 4.53. The quantitative estimate of drug-likeness (QED) is 0.898. The molecule has 3 heteroatoms. The Morgan fingerprint density at radius 3 is 2.61 bits per heavy atom. The van der Waals surface area contributed by atoms with E-state index in [9.17, 15) is 0 Å². The first kappa shape index (κ1) is 12.6. The van der Waals surface area contributed by atoms with Crippen LogP contribution in [-0.2, 0) is 6.54 Å². The van der Waals surface area contributed by atoms with Gasteiger partial charge in [0.1, 0.15) is 5.75 Å². The fourth-order valence-electron chi connectivity index (χ4n) is 1.81. The molecule has 0 aliphatic heterocycles. The van der Waals surface area contributed by atoms with Gasteiger partial charge >= 0.3 is 0 Å². The van der Waals surface area contributed by atoms with Crippen LogP contribution in [-0.4, -0.2) is 4.98 Å². The van der Waals surface area contributed by atoms with Crippen LogP contribution in [0.2, 0.25) is 0 Å². The van der Waals surface area contributed by atoms with Crippen LogP contribution in [0, 0.1) is 20.8 Å². The third kappa shape index (κ3) is 2.87. The van der Waals surface area contributed by atoms with Crippen LogP contribution in [0.5, 0.6) is 11.6 Å². The number of aromatic nitrogens is 1. The summed E-state index contributed by atoms with van der Waals surface area (Å²) in [5.74, 6) is 1.44. The molecule has 0 aliphatic rings. The number of nitrogens with zero attached hydrogens (tertiary/aromatic N) is 1. The third-order valence-electron chi connectivity index (χ3n) is 2.78. The number of benzene rings is 1. The number of rotatable bonds is 3. The molecular formula is C15H18N2O. The standard InChI is InChI=1S/C15H18N2O/c1-10-4-5-11(2)14(6-10)18-15-8-13(9-16)7-12(3)17-15/h4-8H,9,16H2,1-3H3. The van der Waals surface area contributed by atoms with Crippen LogP contribution < -0.4 is 10.5 Å². The van der Waals surface area contributed by atoms with Gasteiger partial charge in [0.15, 0.2) is 0 Å². The molecule has 0 amide bonds. The molecule has 2 N–H and O–H groups in total. The minimum Gasteiger partial charge on any atom is -0.439 e. The molecule has 0 bridgehead atoms. The van der Waals surface area contributed by atoms with Crippen molar-refractivity contribution >= 4 is 0 Å². The van der Waals surface area contributed by atoms with Crippen molar-refractivity contribution in [2.45, 2.75) is 27.3 Å². The fraction of sp³-hybridized carbons (Fsp3) is 0.267. The maximum atomic E-state index is 5.85. The summed E-state index contributed by atoms with van der Waals surface area (Å²) >= 11 is 0. The van der Waals surface area contributed by atoms with Crippen molar-refractivity contribution in [3.8, 4) is 11.6 Å². The van der Waals surface area contributed by atoms with Gasteiger partial charge in [0.25, 0.3) is 0 Å². The van der Waals surface area contributed by atoms with Gasteiger partial charge in [-0.05, 0) is 49.6 Å². The molecule has 1 heterocycles. The summed E-state index contributed by atoms with van der Waals surface area (Å²) in [5.41, 5.74) is 9.86. The number of hydrogen-bond acceptors (Lipinski definition) is 3. The van der Waals surface area contributed by atoms with Crippen molar-refractivity contribution < 1.29 is 4.74 Å². The molecular weight excluding hydrogens is 224 g/mol. The van der Waals surface area contributed by atoms with Crippen LogP contribution in [0.4, 0.5) is 0 Å². The number of aryl methyl sites for hydroxylation is 3. The van der Waals surface area contributed by atoms with Gasteiger partial charge in [-0.2, -0.15) is 0 Å². The zero-order valence-electron chi connectivity index (χ0n) is 11.0. The van der Waals surface area contributed by atoms with Crippen LogP contribution in [0.25, 0.3) is 0 Å². The zero-order valence-corrected chi connectivity index (χ0v) is 11.0. The molecule has 0 fully saturated rings. The maximum Gasteiger partial charge on any atom is 0.219 e. The average molecular weight is 242 g/mol. The van der Waals surface area contributed by atoms with E-state index < -0.39 is 0 Å². The first-order valence-corrected chi connectivity index (χ1v) is 6.01. The van der Waals surface area contributed by atoms with Gasteiger partial charge in [0, 0.05) is 18.3 Å². The van der Waals surface area contributed by atoms with Crippen LogP contribution >= 0.6 is 0 Å². The number of nitrogens with two attached hydrogens (primary N) is 1. The molecule has 0 atom stereocenters. The number of pyridine rings is 1. The lowest BCUT2D eigenvalue weighted by Gasteiger charge is -2.10. The minimum absolute atomic E-state index is 0.493. The molecule has 0 aliphatic carbocycles. The van der Waals surface area contributed by atoms with Gasteiger partial charge in [0.2, 0.25) is 5.88 Å². The van der Waals surface area contributed by atoms with E-state index in [0.29, 0.717) is 12.4 Å². The molecule has 3 nitrogen and oxygen atoms in total. The Labute approximate surface area is 108 Å². The van der Waals surface area contributed by atoms with E-state index in [1.165, 1.54) is 5.56 Å². The predicted molar refractivity (Wildman–Crippen MR) is 72.9 cm³/mol. The van der Waals surface area contributed by atoms with Crippen LogP contribution in [0.3, 0.4) is 0 Å². The van der Waals surface area contributed by atoms with Crippen LogP contribution in [0.1, 0.15) is 22.4 Å². The van der Waals surface area contributed by atoms with Crippen LogP contribution in [0.15, 0.2) is 30.3 Å². The second-order valence-corrected chi connectivity index (χ2v) is 4.53. The predicted octanol–water partition coefficient (Wildman–Crippen LogP) is 3.26. The van der Waals surface area contributed by atoms with Gasteiger partial charge in [-0.25, -0.2) is 4.98 Å². The summed E-state index contributed by atoms with van der Waals surface area (Å²) in [7, 11) is 0. The molecule has 0 saturated heterocycles. The Morgan fingerprint density at radius 2 is 1.89 bits per heavy atom. The zero-order chi connectivity index (χ0) is 13.1. The topological polar surface area (TPSA) is 48.1 Å². The lowest BCUT2D eigenvalue weighted by Crippen LogP contribution is -2.00. The molecule has 0 radical (unpaired) electrons. The van der Waals surface area contributed by atoms with E-state index in [1.54, 1.807) is 0 Å². The van der Waals surface area contributed by atoms with Crippen molar-refractivity contribution in [3.63, 3.8) is 0 Å². The Balaban J connectivity index is 2.33. The molecule has 18 heavy (non-hydrogen) atoms. The monoisotopic (exact) mass is 242 g/mol. The molecule has 2 aromatic rings. The molecule has 0 saturated carbocycles. The number of hydrogen-bond donors (Lipinski definition) is 1. The average Bonchev–Trinajstić information content (AvgIpc) is 2.33. The fourth-order valence-corrected chi connectivity index (χ4v) is 1.81. The highest BCUT2D eigenvalue weighted by molar-refractivity contribution is 5.39. The Kier molecular flexibility index (Phi) is 3.63. The molecule has 0 spiro atoms. The number of ether oxygens (including phenoxy) is 1. The first-order chi connectivity index (χ1) is 8.58. The highest BCUT2D eigenvalue weighted by Gasteiger charge is 2.05. The summed E-state index contributed by atoms with van der Waals surface area (Å²) in [6, 6.07) is 9.98. The van der Waals surface area contributed by atoms with Crippen molar-refractivity contribution in [1.29, 1.82) is 0 Å². The van der Waals surface area contributed by atoms with Crippen molar-refractivity contribution in [2.24, 2.45) is 5.73 Å². The Bertz CT molecular complexity index is 564. The van der Waals surface area contributed by atoms with Gasteiger partial charge in [-0.3, -0.25) is 0 Å². The molecule has 94 valence electrons. The highest BCUT2D eigenvalue weighted by Crippen LogP contribution is 2.25. The van der Waals surface area contributed by atoms with Gasteiger partial charge in [-0.1, -0.05) is 12.1 Å². The molecule has 1 aromatic heterocycles. The largest absolute Gasteiger partial charge is 0.439 e. The molecule has 1 aromatic carbocycles. The summed E-state index contributed by atoms with van der Waals surface area (Å²) in [6.07, 6.45) is 0. The first-order valence-electron chi connectivity index (χ1n) is 6.01. The maximum absolute atomic E-state index is 5.85. The molecule has 2 rings (SSSR count). The van der Waals surface area contributed by atoms with Crippen molar-refractivity contribution in [2.75, 3.05) is 0 Å². The smallest absolute Gasteiger partial charge is 0.219 e. The summed E-state index contributed by atoms with van der Waals surface area (Å²) in [5, 5.41) is 0. The minimum atomic E-state index is 0.493. The van der Waals surface area contributed by atoms with E-state index in [1.807, 2.05) is 45.0 Å². The Morgan fingerprint density at radius 1 is 1.11 bits per heavy atom. The highest BCUT2D eigenvalue weighted by atomic mass is 16.5. The van der Waals surface area contributed by atoms with E-state index >= 15 is 0 Å². The van der Waals surface area contributed by atoms with Crippen molar-refractivity contribution in [3.05, 3.63) is 52.7 Å². The Hall–Kier alpha value is -1.87. The van der Waals surface area contributed by atoms with E-state index in [-0.39, 0.29) is 0 Å². The lowest BCUT2D eigenvalue weighted by molar-refractivity contribution is 0.457. The van der Waals surface area contributed by atoms with Crippen molar-refractivity contribution in [1.82, 2.24) is 4.98 Å². The van der Waals surface area contributed by atoms with Gasteiger partial charge < -0.3 is 10.5 Å². The van der Waals surface area contributed by atoms with Gasteiger partial charge in [0.05, 0.1) is 0 Å².